The molecule has 0 aromatic heterocycles. The van der Waals surface area contributed by atoms with Gasteiger partial charge in [0.05, 0.1) is 0 Å². The lowest BCUT2D eigenvalue weighted by Gasteiger charge is -2.28. The van der Waals surface area contributed by atoms with E-state index >= 15 is 0 Å². The summed E-state index contributed by atoms with van der Waals surface area (Å²) in [5.41, 5.74) is 8.31. The molecule has 100 valence electrons. The second kappa shape index (κ2) is 5.72. The predicted octanol–water partition coefficient (Wildman–Crippen LogP) is 1.97. The number of nitrogens with two attached hydrogens (primary N) is 1. The summed E-state index contributed by atoms with van der Waals surface area (Å²) in [6.45, 7) is 9.15. The normalized spacial score (nSPS) is 18.2. The Morgan fingerprint density at radius 2 is 2.22 bits per heavy atom. The molecule has 0 saturated heterocycles. The lowest BCUT2D eigenvalue weighted by atomic mass is 10.1. The molecule has 0 spiro atoms. The second-order valence-corrected chi connectivity index (χ2v) is 5.43. The third-order valence-electron chi connectivity index (χ3n) is 3.54. The van der Waals surface area contributed by atoms with Crippen LogP contribution in [0, 0.1) is 6.92 Å². The Kier molecular flexibility index (Phi) is 4.25. The van der Waals surface area contributed by atoms with Gasteiger partial charge < -0.3 is 10.5 Å². The van der Waals surface area contributed by atoms with Gasteiger partial charge in [-0.3, -0.25) is 4.90 Å². The van der Waals surface area contributed by atoms with Crippen LogP contribution in [0.4, 0.5) is 0 Å². The van der Waals surface area contributed by atoms with Crippen molar-refractivity contribution in [2.24, 2.45) is 5.73 Å². The van der Waals surface area contributed by atoms with Crippen LogP contribution in [0.25, 0.3) is 0 Å². The van der Waals surface area contributed by atoms with Gasteiger partial charge in [0.1, 0.15) is 11.9 Å². The Bertz CT molecular complexity index is 403. The standard InChI is InChI=1S/C15H24N2O/c1-11(2)17(7-6-16)10-14-9-13-8-12(3)4-5-15(13)18-14/h4-5,8,11,14H,6-7,9-10,16H2,1-3H3. The topological polar surface area (TPSA) is 38.5 Å². The van der Waals surface area contributed by atoms with E-state index in [0.29, 0.717) is 12.6 Å². The van der Waals surface area contributed by atoms with E-state index in [2.05, 4.69) is 43.9 Å². The molecule has 1 unspecified atom stereocenters. The molecule has 2 N–H and O–H groups in total. The molecule has 2 rings (SSSR count). The van der Waals surface area contributed by atoms with E-state index < -0.39 is 0 Å². The van der Waals surface area contributed by atoms with Crippen LogP contribution in [0.1, 0.15) is 25.0 Å². The largest absolute Gasteiger partial charge is 0.488 e. The van der Waals surface area contributed by atoms with Gasteiger partial charge in [0.25, 0.3) is 0 Å². The Balaban J connectivity index is 1.98. The van der Waals surface area contributed by atoms with Crippen molar-refractivity contribution in [1.29, 1.82) is 0 Å². The molecule has 0 fully saturated rings. The molecule has 0 amide bonds. The van der Waals surface area contributed by atoms with Crippen molar-refractivity contribution in [1.82, 2.24) is 4.90 Å². The molecule has 0 radical (unpaired) electrons. The van der Waals surface area contributed by atoms with E-state index in [9.17, 15) is 0 Å². The molecule has 1 aliphatic rings. The minimum Gasteiger partial charge on any atom is -0.488 e. The van der Waals surface area contributed by atoms with E-state index in [-0.39, 0.29) is 6.10 Å². The van der Waals surface area contributed by atoms with Crippen molar-refractivity contribution >= 4 is 0 Å². The highest BCUT2D eigenvalue weighted by atomic mass is 16.5. The molecule has 0 saturated carbocycles. The summed E-state index contributed by atoms with van der Waals surface area (Å²) < 4.78 is 6.01. The van der Waals surface area contributed by atoms with Gasteiger partial charge in [-0.05, 0) is 32.4 Å². The first-order chi connectivity index (χ1) is 8.60. The molecule has 1 atom stereocenters. The number of ether oxygens (including phenoxy) is 1. The number of nitrogens with zero attached hydrogens (tertiary/aromatic N) is 1. The van der Waals surface area contributed by atoms with Gasteiger partial charge in [0, 0.05) is 32.1 Å². The number of rotatable bonds is 5. The van der Waals surface area contributed by atoms with Crippen molar-refractivity contribution < 1.29 is 4.74 Å². The highest BCUT2D eigenvalue weighted by Crippen LogP contribution is 2.29. The van der Waals surface area contributed by atoms with E-state index in [1.807, 2.05) is 0 Å². The maximum absolute atomic E-state index is 6.01. The van der Waals surface area contributed by atoms with Gasteiger partial charge in [-0.15, -0.1) is 0 Å². The summed E-state index contributed by atoms with van der Waals surface area (Å²) >= 11 is 0. The third-order valence-corrected chi connectivity index (χ3v) is 3.54. The molecule has 1 heterocycles. The van der Waals surface area contributed by atoms with E-state index in [0.717, 1.165) is 25.3 Å². The molecule has 1 aliphatic heterocycles. The fourth-order valence-corrected chi connectivity index (χ4v) is 2.54. The van der Waals surface area contributed by atoms with Crippen molar-refractivity contribution in [2.75, 3.05) is 19.6 Å². The first kappa shape index (κ1) is 13.4. The molecule has 1 aromatic carbocycles. The zero-order chi connectivity index (χ0) is 13.1. The van der Waals surface area contributed by atoms with Gasteiger partial charge in [0.15, 0.2) is 0 Å². The predicted molar refractivity (Wildman–Crippen MR) is 75.1 cm³/mol. The number of fused-ring (bicyclic) bond motifs is 1. The third kappa shape index (κ3) is 3.03. The molecule has 1 aromatic rings. The van der Waals surface area contributed by atoms with Crippen LogP contribution in [0.15, 0.2) is 18.2 Å². The van der Waals surface area contributed by atoms with Crippen molar-refractivity contribution in [2.45, 2.75) is 39.3 Å². The van der Waals surface area contributed by atoms with Gasteiger partial charge in [-0.1, -0.05) is 17.7 Å². The minimum atomic E-state index is 0.274. The van der Waals surface area contributed by atoms with Crippen LogP contribution < -0.4 is 10.5 Å². The molecular formula is C15H24N2O. The molecule has 18 heavy (non-hydrogen) atoms. The summed E-state index contributed by atoms with van der Waals surface area (Å²) in [7, 11) is 0. The smallest absolute Gasteiger partial charge is 0.123 e. The van der Waals surface area contributed by atoms with Gasteiger partial charge in [-0.25, -0.2) is 0 Å². The Morgan fingerprint density at radius 1 is 1.44 bits per heavy atom. The van der Waals surface area contributed by atoms with Crippen LogP contribution in [0.5, 0.6) is 5.75 Å². The van der Waals surface area contributed by atoms with Crippen LogP contribution in [0.3, 0.4) is 0 Å². The maximum atomic E-state index is 6.01. The van der Waals surface area contributed by atoms with Crippen molar-refractivity contribution in [3.05, 3.63) is 29.3 Å². The fourth-order valence-electron chi connectivity index (χ4n) is 2.54. The Morgan fingerprint density at radius 3 is 2.89 bits per heavy atom. The SMILES string of the molecule is Cc1ccc2c(c1)CC(CN(CCN)C(C)C)O2. The van der Waals surface area contributed by atoms with E-state index in [1.54, 1.807) is 0 Å². The van der Waals surface area contributed by atoms with Crippen molar-refractivity contribution in [3.8, 4) is 5.75 Å². The van der Waals surface area contributed by atoms with Gasteiger partial charge >= 0.3 is 0 Å². The number of hydrogen-bond acceptors (Lipinski definition) is 3. The van der Waals surface area contributed by atoms with E-state index in [4.69, 9.17) is 10.5 Å². The van der Waals surface area contributed by atoms with Crippen molar-refractivity contribution in [3.63, 3.8) is 0 Å². The van der Waals surface area contributed by atoms with Crippen LogP contribution in [-0.2, 0) is 6.42 Å². The number of aryl methyl sites for hydroxylation is 1. The maximum Gasteiger partial charge on any atom is 0.123 e. The molecule has 0 aliphatic carbocycles. The highest BCUT2D eigenvalue weighted by Gasteiger charge is 2.25. The van der Waals surface area contributed by atoms with Gasteiger partial charge in [-0.2, -0.15) is 0 Å². The molecular weight excluding hydrogens is 224 g/mol. The minimum absolute atomic E-state index is 0.274. The summed E-state index contributed by atoms with van der Waals surface area (Å²) in [5, 5.41) is 0. The summed E-state index contributed by atoms with van der Waals surface area (Å²) in [6, 6.07) is 6.95. The van der Waals surface area contributed by atoms with E-state index in [1.165, 1.54) is 11.1 Å². The molecule has 3 heteroatoms. The summed E-state index contributed by atoms with van der Waals surface area (Å²) in [5.74, 6) is 1.06. The number of hydrogen-bond donors (Lipinski definition) is 1. The highest BCUT2D eigenvalue weighted by molar-refractivity contribution is 5.40. The first-order valence-corrected chi connectivity index (χ1v) is 6.80. The van der Waals surface area contributed by atoms with Crippen LogP contribution in [0.2, 0.25) is 0 Å². The first-order valence-electron chi connectivity index (χ1n) is 6.80. The van der Waals surface area contributed by atoms with Gasteiger partial charge in [0.2, 0.25) is 0 Å². The fraction of sp³-hybridized carbons (Fsp3) is 0.600. The summed E-state index contributed by atoms with van der Waals surface area (Å²) in [6.07, 6.45) is 1.29. The Hall–Kier alpha value is -1.06. The monoisotopic (exact) mass is 248 g/mol. The van der Waals surface area contributed by atoms with Crippen LogP contribution >= 0.6 is 0 Å². The Labute approximate surface area is 110 Å². The quantitative estimate of drug-likeness (QED) is 0.866. The summed E-state index contributed by atoms with van der Waals surface area (Å²) in [4.78, 5) is 2.39. The number of benzene rings is 1. The molecule has 0 bridgehead atoms. The van der Waals surface area contributed by atoms with Crippen LogP contribution in [-0.4, -0.2) is 36.7 Å². The zero-order valence-corrected chi connectivity index (χ0v) is 11.6. The lowest BCUT2D eigenvalue weighted by Crippen LogP contribution is -2.41. The average molecular weight is 248 g/mol. The lowest BCUT2D eigenvalue weighted by molar-refractivity contribution is 0.130. The average Bonchev–Trinajstić information content (AvgIpc) is 2.69. The second-order valence-electron chi connectivity index (χ2n) is 5.43. The molecule has 3 nitrogen and oxygen atoms in total. The zero-order valence-electron chi connectivity index (χ0n) is 11.6.